The van der Waals surface area contributed by atoms with Crippen LogP contribution in [0.2, 0.25) is 0 Å². The van der Waals surface area contributed by atoms with Crippen molar-refractivity contribution in [2.45, 2.75) is 12.0 Å². The van der Waals surface area contributed by atoms with E-state index < -0.39 is 23.8 Å². The predicted molar refractivity (Wildman–Crippen MR) is 43.1 cm³/mol. The summed E-state index contributed by atoms with van der Waals surface area (Å²) in [5, 5.41) is 0. The van der Waals surface area contributed by atoms with Crippen molar-refractivity contribution in [2.75, 3.05) is 0 Å². The van der Waals surface area contributed by atoms with Crippen LogP contribution < -0.4 is 4.74 Å². The molecular weight excluding hydrogens is 235 g/mol. The average Bonchev–Trinajstić information content (AvgIpc) is 2.17. The second-order valence-corrected chi connectivity index (χ2v) is 2.78. The van der Waals surface area contributed by atoms with Gasteiger partial charge in [-0.1, -0.05) is 18.2 Å². The summed E-state index contributed by atoms with van der Waals surface area (Å²) < 4.78 is 65.1. The number of para-hydroxylation sites is 1. The normalized spacial score (nSPS) is 15.3. The zero-order chi connectivity index (χ0) is 12.4. The van der Waals surface area contributed by atoms with Gasteiger partial charge in [-0.15, -0.1) is 0 Å². The smallest absolute Gasteiger partial charge is 0.443 e. The molecule has 0 aromatic heterocycles. The number of hydrogen-bond donors (Lipinski definition) is 0. The highest BCUT2D eigenvalue weighted by Crippen LogP contribution is 2.37. The molecule has 1 unspecified atom stereocenters. The second kappa shape index (κ2) is 4.07. The van der Waals surface area contributed by atoms with E-state index in [-0.39, 0.29) is 0 Å². The lowest BCUT2D eigenvalue weighted by atomic mass is 10.3. The Bertz CT molecular complexity index is 375. The fourth-order valence-electron chi connectivity index (χ4n) is 0.860. The third-order valence-electron chi connectivity index (χ3n) is 1.62. The predicted octanol–water partition coefficient (Wildman–Crippen LogP) is 2.79. The van der Waals surface area contributed by atoms with Crippen LogP contribution in [-0.4, -0.2) is 18.1 Å². The molecule has 16 heavy (non-hydrogen) atoms. The highest BCUT2D eigenvalue weighted by atomic mass is 19.4. The van der Waals surface area contributed by atoms with Gasteiger partial charge in [0.05, 0.1) is 0 Å². The standard InChI is InChI=1S/C9H5F5O2/c10-7(15)8(11,9(12,13)14)16-6-4-2-1-3-5-6/h1-5H. The minimum atomic E-state index is -5.78. The van der Waals surface area contributed by atoms with Crippen LogP contribution >= 0.6 is 0 Å². The van der Waals surface area contributed by atoms with Gasteiger partial charge in [0.2, 0.25) is 0 Å². The second-order valence-electron chi connectivity index (χ2n) is 2.78. The van der Waals surface area contributed by atoms with E-state index in [1.165, 1.54) is 18.2 Å². The fraction of sp³-hybridized carbons (Fsp3) is 0.222. The Balaban J connectivity index is 3.03. The quantitative estimate of drug-likeness (QED) is 0.599. The number of alkyl halides is 4. The Labute approximate surface area is 86.6 Å². The first kappa shape index (κ1) is 12.4. The van der Waals surface area contributed by atoms with Crippen LogP contribution in [-0.2, 0) is 4.79 Å². The molecule has 1 aromatic carbocycles. The maximum Gasteiger partial charge on any atom is 0.471 e. The van der Waals surface area contributed by atoms with Gasteiger partial charge in [0.15, 0.2) is 0 Å². The maximum absolute atomic E-state index is 13.0. The Kier molecular flexibility index (Phi) is 3.16. The van der Waals surface area contributed by atoms with Crippen molar-refractivity contribution >= 4 is 6.04 Å². The van der Waals surface area contributed by atoms with Crippen molar-refractivity contribution < 1.29 is 31.5 Å². The molecule has 0 aliphatic rings. The van der Waals surface area contributed by atoms with E-state index in [2.05, 4.69) is 4.74 Å². The number of rotatable bonds is 3. The van der Waals surface area contributed by atoms with Gasteiger partial charge in [-0.05, 0) is 12.1 Å². The first-order valence-corrected chi connectivity index (χ1v) is 3.97. The van der Waals surface area contributed by atoms with E-state index in [4.69, 9.17) is 0 Å². The SMILES string of the molecule is O=C(F)C(F)(Oc1ccccc1)C(F)(F)F. The number of carbonyl (C=O) groups excluding carboxylic acids is 1. The molecule has 0 saturated heterocycles. The first-order valence-electron chi connectivity index (χ1n) is 3.97. The fourth-order valence-corrected chi connectivity index (χ4v) is 0.860. The van der Waals surface area contributed by atoms with Gasteiger partial charge in [0.1, 0.15) is 5.75 Å². The van der Waals surface area contributed by atoms with Crippen molar-refractivity contribution in [2.24, 2.45) is 0 Å². The van der Waals surface area contributed by atoms with Crippen molar-refractivity contribution in [1.82, 2.24) is 0 Å². The van der Waals surface area contributed by atoms with Crippen molar-refractivity contribution in [3.8, 4) is 5.75 Å². The zero-order valence-corrected chi connectivity index (χ0v) is 7.59. The van der Waals surface area contributed by atoms with E-state index in [0.29, 0.717) is 0 Å². The summed E-state index contributed by atoms with van der Waals surface area (Å²) in [6.07, 6.45) is -5.78. The van der Waals surface area contributed by atoms with Gasteiger partial charge in [0, 0.05) is 0 Å². The van der Waals surface area contributed by atoms with Gasteiger partial charge in [-0.2, -0.15) is 22.0 Å². The molecule has 0 aliphatic heterocycles. The average molecular weight is 240 g/mol. The van der Waals surface area contributed by atoms with Crippen LogP contribution in [0.1, 0.15) is 0 Å². The topological polar surface area (TPSA) is 26.3 Å². The summed E-state index contributed by atoms with van der Waals surface area (Å²) in [4.78, 5) is 10.0. The molecule has 0 saturated carbocycles. The summed E-state index contributed by atoms with van der Waals surface area (Å²) in [7, 11) is 0. The molecule has 0 aliphatic carbocycles. The number of halogens is 5. The lowest BCUT2D eigenvalue weighted by Crippen LogP contribution is -2.51. The number of carbonyl (C=O) groups is 1. The Morgan fingerprint density at radius 2 is 1.56 bits per heavy atom. The lowest BCUT2D eigenvalue weighted by molar-refractivity contribution is -0.291. The Morgan fingerprint density at radius 1 is 1.06 bits per heavy atom. The molecule has 0 spiro atoms. The van der Waals surface area contributed by atoms with E-state index in [0.717, 1.165) is 12.1 Å². The van der Waals surface area contributed by atoms with Crippen LogP contribution in [0.25, 0.3) is 0 Å². The molecule has 2 nitrogen and oxygen atoms in total. The summed E-state index contributed by atoms with van der Waals surface area (Å²) >= 11 is 0. The van der Waals surface area contributed by atoms with Crippen LogP contribution in [0.5, 0.6) is 5.75 Å². The molecule has 0 amide bonds. The number of hydrogen-bond acceptors (Lipinski definition) is 2. The van der Waals surface area contributed by atoms with Gasteiger partial charge in [-0.25, -0.2) is 0 Å². The van der Waals surface area contributed by atoms with Gasteiger partial charge in [-0.3, -0.25) is 4.79 Å². The minimum Gasteiger partial charge on any atom is -0.443 e. The summed E-state index contributed by atoms with van der Waals surface area (Å²) in [6.45, 7) is 0. The minimum absolute atomic E-state index is 0.603. The van der Waals surface area contributed by atoms with Crippen LogP contribution in [0.4, 0.5) is 22.0 Å². The van der Waals surface area contributed by atoms with Crippen molar-refractivity contribution in [1.29, 1.82) is 0 Å². The van der Waals surface area contributed by atoms with Crippen LogP contribution in [0, 0.1) is 0 Å². The summed E-state index contributed by atoms with van der Waals surface area (Å²) in [5.74, 6) is -5.57. The molecule has 1 atom stereocenters. The van der Waals surface area contributed by atoms with E-state index in [1.54, 1.807) is 0 Å². The Morgan fingerprint density at radius 3 is 1.94 bits per heavy atom. The maximum atomic E-state index is 13.0. The molecule has 7 heteroatoms. The molecule has 1 aromatic rings. The monoisotopic (exact) mass is 240 g/mol. The highest BCUT2D eigenvalue weighted by Gasteiger charge is 2.66. The molecular formula is C9H5F5O2. The summed E-state index contributed by atoms with van der Waals surface area (Å²) in [5.41, 5.74) is 0. The molecule has 0 fully saturated rings. The molecule has 1 rings (SSSR count). The zero-order valence-electron chi connectivity index (χ0n) is 7.59. The molecule has 0 bridgehead atoms. The van der Waals surface area contributed by atoms with E-state index in [1.807, 2.05) is 0 Å². The third kappa shape index (κ3) is 2.29. The first-order chi connectivity index (χ1) is 7.27. The number of benzene rings is 1. The third-order valence-corrected chi connectivity index (χ3v) is 1.62. The largest absolute Gasteiger partial charge is 0.471 e. The van der Waals surface area contributed by atoms with E-state index >= 15 is 0 Å². The van der Waals surface area contributed by atoms with Gasteiger partial charge >= 0.3 is 18.1 Å². The molecule has 0 heterocycles. The molecule has 88 valence electrons. The van der Waals surface area contributed by atoms with Gasteiger partial charge in [0.25, 0.3) is 0 Å². The number of ether oxygens (including phenoxy) is 1. The van der Waals surface area contributed by atoms with Crippen molar-refractivity contribution in [3.63, 3.8) is 0 Å². The lowest BCUT2D eigenvalue weighted by Gasteiger charge is -2.23. The summed E-state index contributed by atoms with van der Waals surface area (Å²) in [6, 6.07) is 2.59. The van der Waals surface area contributed by atoms with E-state index in [9.17, 15) is 26.7 Å². The Hall–Kier alpha value is -1.66. The molecule has 0 N–H and O–H groups in total. The van der Waals surface area contributed by atoms with Gasteiger partial charge < -0.3 is 4.74 Å². The van der Waals surface area contributed by atoms with Crippen molar-refractivity contribution in [3.05, 3.63) is 30.3 Å². The highest BCUT2D eigenvalue weighted by molar-refractivity contribution is 5.78. The van der Waals surface area contributed by atoms with Crippen LogP contribution in [0.15, 0.2) is 30.3 Å². The van der Waals surface area contributed by atoms with Crippen LogP contribution in [0.3, 0.4) is 0 Å². The molecule has 0 radical (unpaired) electrons.